The van der Waals surface area contributed by atoms with Crippen molar-refractivity contribution in [3.8, 4) is 11.1 Å². The predicted molar refractivity (Wildman–Crippen MR) is 101 cm³/mol. The molecular weight excluding hydrogens is 342 g/mol. The summed E-state index contributed by atoms with van der Waals surface area (Å²) in [5.74, 6) is -1.51. The highest BCUT2D eigenvalue weighted by atomic mass is 16.6. The molecule has 4 rings (SSSR count). The van der Waals surface area contributed by atoms with E-state index >= 15 is 0 Å². The number of ether oxygens (including phenoxy) is 1. The van der Waals surface area contributed by atoms with E-state index in [0.717, 1.165) is 11.1 Å². The first-order valence-electron chi connectivity index (χ1n) is 9.41. The van der Waals surface area contributed by atoms with Gasteiger partial charge in [0.15, 0.2) is 11.4 Å². The van der Waals surface area contributed by atoms with Gasteiger partial charge in [0.05, 0.1) is 0 Å². The highest BCUT2D eigenvalue weighted by Crippen LogP contribution is 2.40. The minimum absolute atomic E-state index is 0.457. The largest absolute Gasteiger partial charge is 0.505 e. The Balaban J connectivity index is 1.61. The number of hydrogen-bond acceptors (Lipinski definition) is 5. The molecule has 5 heteroatoms. The Morgan fingerprint density at radius 1 is 1.04 bits per heavy atom. The van der Waals surface area contributed by atoms with E-state index in [4.69, 9.17) is 4.74 Å². The van der Waals surface area contributed by atoms with Gasteiger partial charge in [-0.2, -0.15) is 0 Å². The molecule has 5 nitrogen and oxygen atoms in total. The monoisotopic (exact) mass is 365 g/mol. The zero-order valence-electron chi connectivity index (χ0n) is 15.3. The van der Waals surface area contributed by atoms with Gasteiger partial charge >= 0.3 is 5.97 Å². The molecule has 1 aromatic heterocycles. The van der Waals surface area contributed by atoms with Crippen molar-refractivity contribution in [3.63, 3.8) is 0 Å². The fraction of sp³-hybridized carbons (Fsp3) is 0.364. The lowest BCUT2D eigenvalue weighted by Crippen LogP contribution is -2.25. The van der Waals surface area contributed by atoms with Crippen molar-refractivity contribution in [1.82, 2.24) is 4.98 Å². The third kappa shape index (κ3) is 3.07. The molecule has 1 aliphatic heterocycles. The van der Waals surface area contributed by atoms with Crippen LogP contribution in [0.3, 0.4) is 0 Å². The molecule has 2 heterocycles. The third-order valence-corrected chi connectivity index (χ3v) is 5.77. The van der Waals surface area contributed by atoms with Crippen LogP contribution in [0.1, 0.15) is 56.1 Å². The van der Waals surface area contributed by atoms with Crippen molar-refractivity contribution < 1.29 is 19.7 Å². The summed E-state index contributed by atoms with van der Waals surface area (Å²) in [6.45, 7) is 1.56. The van der Waals surface area contributed by atoms with Gasteiger partial charge in [-0.05, 0) is 42.9 Å². The molecule has 2 aromatic rings. The molecule has 140 valence electrons. The lowest BCUT2D eigenvalue weighted by Gasteiger charge is -2.23. The van der Waals surface area contributed by atoms with E-state index in [1.165, 1.54) is 37.7 Å². The summed E-state index contributed by atoms with van der Waals surface area (Å²) in [6, 6.07) is 9.63. The van der Waals surface area contributed by atoms with Crippen LogP contribution in [0.25, 0.3) is 11.1 Å². The molecule has 0 radical (unpaired) electrons. The fourth-order valence-electron chi connectivity index (χ4n) is 4.06. The SMILES string of the molecule is CC1(c2ccc(-c3cncc(C4CCCCC4)c3)cc2)OC(=O)C(O)=C1O. The number of hydrogen-bond donors (Lipinski definition) is 2. The van der Waals surface area contributed by atoms with Gasteiger partial charge in [-0.25, -0.2) is 4.79 Å². The Morgan fingerprint density at radius 2 is 1.74 bits per heavy atom. The first-order valence-corrected chi connectivity index (χ1v) is 9.41. The summed E-state index contributed by atoms with van der Waals surface area (Å²) < 4.78 is 5.18. The zero-order chi connectivity index (χ0) is 19.0. The standard InChI is InChI=1S/C22H23NO4/c1-22(20(25)19(24)21(26)27-22)18-9-7-15(8-10-18)17-11-16(12-23-13-17)14-5-3-2-4-6-14/h7-14,24-25H,2-6H2,1H3. The number of aliphatic hydroxyl groups excluding tert-OH is 2. The average Bonchev–Trinajstić information content (AvgIpc) is 2.92. The van der Waals surface area contributed by atoms with Gasteiger partial charge in [-0.3, -0.25) is 4.98 Å². The van der Waals surface area contributed by atoms with Crippen LogP contribution in [-0.2, 0) is 15.1 Å². The summed E-state index contributed by atoms with van der Waals surface area (Å²) in [6.07, 6.45) is 10.2. The number of esters is 1. The van der Waals surface area contributed by atoms with Gasteiger partial charge in [-0.1, -0.05) is 43.5 Å². The summed E-state index contributed by atoms with van der Waals surface area (Å²) in [4.78, 5) is 16.0. The molecule has 0 saturated heterocycles. The van der Waals surface area contributed by atoms with Crippen molar-refractivity contribution in [1.29, 1.82) is 0 Å². The number of pyridine rings is 1. The number of carbonyl (C=O) groups is 1. The maximum absolute atomic E-state index is 11.6. The molecule has 1 aromatic carbocycles. The molecular formula is C22H23NO4. The zero-order valence-corrected chi connectivity index (χ0v) is 15.3. The van der Waals surface area contributed by atoms with Gasteiger partial charge in [0.25, 0.3) is 0 Å². The molecule has 0 spiro atoms. The van der Waals surface area contributed by atoms with Crippen LogP contribution in [0.15, 0.2) is 54.2 Å². The van der Waals surface area contributed by atoms with Crippen molar-refractivity contribution >= 4 is 5.97 Å². The van der Waals surface area contributed by atoms with Gasteiger partial charge in [0.1, 0.15) is 0 Å². The Hall–Kier alpha value is -2.82. The lowest BCUT2D eigenvalue weighted by molar-refractivity contribution is -0.149. The second-order valence-electron chi connectivity index (χ2n) is 7.54. The minimum atomic E-state index is -1.36. The quantitative estimate of drug-likeness (QED) is 0.757. The second-order valence-corrected chi connectivity index (χ2v) is 7.54. The Kier molecular flexibility index (Phi) is 4.38. The second kappa shape index (κ2) is 6.72. The molecule has 1 unspecified atom stereocenters. The third-order valence-electron chi connectivity index (χ3n) is 5.77. The van der Waals surface area contributed by atoms with E-state index in [9.17, 15) is 15.0 Å². The van der Waals surface area contributed by atoms with Crippen LogP contribution < -0.4 is 0 Å². The average molecular weight is 365 g/mol. The fourth-order valence-corrected chi connectivity index (χ4v) is 4.06. The van der Waals surface area contributed by atoms with Crippen molar-refractivity contribution in [2.75, 3.05) is 0 Å². The molecule has 1 saturated carbocycles. The maximum Gasteiger partial charge on any atom is 0.378 e. The van der Waals surface area contributed by atoms with Crippen molar-refractivity contribution in [2.45, 2.75) is 50.5 Å². The van der Waals surface area contributed by atoms with Gasteiger partial charge in [-0.15, -0.1) is 0 Å². The van der Waals surface area contributed by atoms with E-state index in [-0.39, 0.29) is 0 Å². The van der Waals surface area contributed by atoms with Crippen LogP contribution in [0.2, 0.25) is 0 Å². The van der Waals surface area contributed by atoms with Crippen LogP contribution in [-0.4, -0.2) is 21.2 Å². The van der Waals surface area contributed by atoms with Gasteiger partial charge in [0.2, 0.25) is 5.76 Å². The van der Waals surface area contributed by atoms with E-state index in [2.05, 4.69) is 11.1 Å². The van der Waals surface area contributed by atoms with E-state index in [1.807, 2.05) is 24.5 Å². The smallest absolute Gasteiger partial charge is 0.378 e. The number of aliphatic hydroxyl groups is 2. The molecule has 27 heavy (non-hydrogen) atoms. The lowest BCUT2D eigenvalue weighted by atomic mass is 9.84. The number of aromatic nitrogens is 1. The highest BCUT2D eigenvalue weighted by Gasteiger charge is 2.46. The molecule has 1 atom stereocenters. The number of nitrogens with zero attached hydrogens (tertiary/aromatic N) is 1. The molecule has 1 aliphatic carbocycles. The number of cyclic esters (lactones) is 1. The predicted octanol–water partition coefficient (Wildman–Crippen LogP) is 4.90. The Morgan fingerprint density at radius 3 is 2.37 bits per heavy atom. The number of benzene rings is 1. The summed E-state index contributed by atoms with van der Waals surface area (Å²) in [7, 11) is 0. The molecule has 0 amide bonds. The first-order chi connectivity index (χ1) is 13.0. The molecule has 1 fully saturated rings. The highest BCUT2D eigenvalue weighted by molar-refractivity contribution is 5.90. The number of carbonyl (C=O) groups excluding carboxylic acids is 1. The summed E-state index contributed by atoms with van der Waals surface area (Å²) in [5, 5.41) is 19.7. The molecule has 2 aliphatic rings. The summed E-state index contributed by atoms with van der Waals surface area (Å²) in [5.41, 5.74) is 2.57. The summed E-state index contributed by atoms with van der Waals surface area (Å²) >= 11 is 0. The topological polar surface area (TPSA) is 79.7 Å². The molecule has 2 N–H and O–H groups in total. The maximum atomic E-state index is 11.6. The Bertz CT molecular complexity index is 897. The van der Waals surface area contributed by atoms with Gasteiger partial charge < -0.3 is 14.9 Å². The van der Waals surface area contributed by atoms with Crippen LogP contribution in [0.5, 0.6) is 0 Å². The normalized spacial score (nSPS) is 23.5. The van der Waals surface area contributed by atoms with E-state index in [0.29, 0.717) is 11.5 Å². The van der Waals surface area contributed by atoms with Crippen molar-refractivity contribution in [3.05, 3.63) is 65.4 Å². The first kappa shape index (κ1) is 17.6. The van der Waals surface area contributed by atoms with Crippen LogP contribution in [0.4, 0.5) is 0 Å². The Labute approximate surface area is 158 Å². The van der Waals surface area contributed by atoms with E-state index < -0.39 is 23.1 Å². The number of rotatable bonds is 3. The van der Waals surface area contributed by atoms with Crippen molar-refractivity contribution in [2.24, 2.45) is 0 Å². The van der Waals surface area contributed by atoms with Crippen LogP contribution >= 0.6 is 0 Å². The van der Waals surface area contributed by atoms with E-state index in [1.54, 1.807) is 19.1 Å². The van der Waals surface area contributed by atoms with Crippen LogP contribution in [0, 0.1) is 0 Å². The van der Waals surface area contributed by atoms with Gasteiger partial charge in [0, 0.05) is 23.5 Å². The minimum Gasteiger partial charge on any atom is -0.505 e. The molecule has 0 bridgehead atoms.